The Bertz CT molecular complexity index is 9.61. The molecule has 0 rings (SSSR count). The van der Waals surface area contributed by atoms with Crippen molar-refractivity contribution in [3.8, 4) is 0 Å². The van der Waals surface area contributed by atoms with Crippen LogP contribution in [0.2, 0.25) is 0 Å². The van der Waals surface area contributed by atoms with Gasteiger partial charge in [-0.05, 0) is 0 Å². The number of halogens is 2. The number of hydrogen-bond donors (Lipinski definition) is 1. The molecule has 0 aliphatic carbocycles. The van der Waals surface area contributed by atoms with Crippen molar-refractivity contribution in [2.45, 2.75) is 0 Å². The normalized spacial score (nSPS) is 3.20. The van der Waals surface area contributed by atoms with Crippen molar-refractivity contribution in [2.75, 3.05) is 7.11 Å². The molecule has 0 aliphatic heterocycles. The molecule has 1 nitrogen and oxygen atoms in total. The van der Waals surface area contributed by atoms with Gasteiger partial charge in [0.15, 0.2) is 0 Å². The summed E-state index contributed by atoms with van der Waals surface area (Å²) < 4.78 is 0. The average molecular weight is 304 g/mol. The summed E-state index contributed by atoms with van der Waals surface area (Å²) in [4.78, 5) is 0. The van der Waals surface area contributed by atoms with Crippen molar-refractivity contribution in [1.82, 2.24) is 0 Å². The standard InChI is InChI=1S/CH4O.2ClH.Hg/c1-2;;;/h2H,1H3;2*1H;/q;;;+2/p-2. The molecule has 0 amide bonds. The monoisotopic (exact) mass is 304 g/mol. The maximum atomic E-state index is 7.00. The molecule has 30 valence electrons. The maximum absolute atomic E-state index is 7.00. The average Bonchev–Trinajstić information content (AvgIpc) is 1.46. The zero-order valence-electron chi connectivity index (χ0n) is 2.91. The molecule has 5 heavy (non-hydrogen) atoms. The molecule has 0 aromatic heterocycles. The first-order valence-electron chi connectivity index (χ1n) is 0.982. The fourth-order valence-electron chi connectivity index (χ4n) is 0. The molecule has 0 aromatic carbocycles. The van der Waals surface area contributed by atoms with Crippen LogP contribution in [0.4, 0.5) is 0 Å². The minimum absolute atomic E-state index is 1.00. The van der Waals surface area contributed by atoms with Crippen molar-refractivity contribution in [1.29, 1.82) is 0 Å². The Balaban J connectivity index is 0. The van der Waals surface area contributed by atoms with Gasteiger partial charge in [-0.1, -0.05) is 0 Å². The molecular weight excluding hydrogens is 300 g/mol. The van der Waals surface area contributed by atoms with Gasteiger partial charge >= 0.3 is 38.6 Å². The predicted molar refractivity (Wildman–Crippen MR) is 19.8 cm³/mol. The summed E-state index contributed by atoms with van der Waals surface area (Å²) in [5, 5.41) is 7.00. The van der Waals surface area contributed by atoms with Crippen LogP contribution in [0.3, 0.4) is 0 Å². The summed E-state index contributed by atoms with van der Waals surface area (Å²) in [5.74, 6) is 0. The quantitative estimate of drug-likeness (QED) is 0.662. The summed E-state index contributed by atoms with van der Waals surface area (Å²) in [6.07, 6.45) is 0. The SMILES string of the molecule is CO.[Cl][Hg][Cl]. The molecule has 0 heterocycles. The van der Waals surface area contributed by atoms with E-state index in [9.17, 15) is 0 Å². The molecule has 0 atom stereocenters. The van der Waals surface area contributed by atoms with Gasteiger partial charge in [0, 0.05) is 7.11 Å². The predicted octanol–water partition coefficient (Wildman–Crippen LogP) is 0.985. The fourth-order valence-corrected chi connectivity index (χ4v) is 0. The Labute approximate surface area is 50.6 Å². The van der Waals surface area contributed by atoms with Crippen LogP contribution in [0, 0.1) is 0 Å². The Morgan fingerprint density at radius 3 is 1.40 bits per heavy atom. The zero-order chi connectivity index (χ0) is 4.71. The second kappa shape index (κ2) is 17.9. The number of rotatable bonds is 0. The Kier molecular flexibility index (Phi) is 34.7. The third-order valence-electron chi connectivity index (χ3n) is 0. The summed E-state index contributed by atoms with van der Waals surface area (Å²) in [6.45, 7) is 0. The van der Waals surface area contributed by atoms with E-state index in [1.165, 1.54) is 0 Å². The van der Waals surface area contributed by atoms with Crippen LogP contribution in [0.15, 0.2) is 0 Å². The molecule has 0 saturated carbocycles. The third kappa shape index (κ3) is 30.4. The van der Waals surface area contributed by atoms with Gasteiger partial charge in [-0.15, -0.1) is 0 Å². The van der Waals surface area contributed by atoms with Crippen molar-refractivity contribution >= 4 is 16.5 Å². The van der Waals surface area contributed by atoms with Crippen LogP contribution >= 0.6 is 16.5 Å². The first kappa shape index (κ1) is 9.69. The van der Waals surface area contributed by atoms with Gasteiger partial charge in [0.05, 0.1) is 0 Å². The van der Waals surface area contributed by atoms with Crippen LogP contribution in [-0.4, -0.2) is 12.2 Å². The molecule has 0 fully saturated rings. The Morgan fingerprint density at radius 1 is 1.40 bits per heavy atom. The minimum atomic E-state index is -1.14. The van der Waals surface area contributed by atoms with Crippen molar-refractivity contribution < 1.29 is 27.2 Å². The van der Waals surface area contributed by atoms with Gasteiger partial charge in [-0.2, -0.15) is 0 Å². The molecule has 0 radical (unpaired) electrons. The third-order valence-corrected chi connectivity index (χ3v) is 0. The molecule has 0 unspecified atom stereocenters. The number of aliphatic hydroxyl groups excluding tert-OH is 1. The summed E-state index contributed by atoms with van der Waals surface area (Å²) in [5.41, 5.74) is 0. The molecule has 0 bridgehead atoms. The van der Waals surface area contributed by atoms with Crippen LogP contribution in [0.25, 0.3) is 0 Å². The molecule has 0 aliphatic rings. The van der Waals surface area contributed by atoms with E-state index >= 15 is 0 Å². The van der Waals surface area contributed by atoms with Gasteiger partial charge in [0.2, 0.25) is 0 Å². The molecule has 1 N–H and O–H groups in total. The van der Waals surface area contributed by atoms with Crippen molar-refractivity contribution in [2.24, 2.45) is 0 Å². The fraction of sp³-hybridized carbons (Fsp3) is 1.00. The molecule has 4 heteroatoms. The molecule has 0 aromatic rings. The number of aliphatic hydroxyl groups is 1. The van der Waals surface area contributed by atoms with Gasteiger partial charge in [0.25, 0.3) is 0 Å². The summed E-state index contributed by atoms with van der Waals surface area (Å²) in [6, 6.07) is 0. The van der Waals surface area contributed by atoms with E-state index in [1.807, 2.05) is 0 Å². The Hall–Kier alpha value is 1.48. The molecule has 0 saturated heterocycles. The van der Waals surface area contributed by atoms with E-state index in [4.69, 9.17) is 21.6 Å². The first-order chi connectivity index (χ1) is 2.41. The second-order valence-corrected chi connectivity index (χ2v) is 7.98. The van der Waals surface area contributed by atoms with E-state index in [0.717, 1.165) is 7.11 Å². The van der Waals surface area contributed by atoms with E-state index in [1.54, 1.807) is 0 Å². The van der Waals surface area contributed by atoms with E-state index in [-0.39, 0.29) is 0 Å². The van der Waals surface area contributed by atoms with Crippen LogP contribution in [0.5, 0.6) is 0 Å². The van der Waals surface area contributed by atoms with Crippen LogP contribution in [0.1, 0.15) is 0 Å². The van der Waals surface area contributed by atoms with Crippen LogP contribution in [-0.2, 0) is 22.1 Å². The Morgan fingerprint density at radius 2 is 1.40 bits per heavy atom. The van der Waals surface area contributed by atoms with Gasteiger partial charge in [-0.25, -0.2) is 0 Å². The molecule has 0 spiro atoms. The summed E-state index contributed by atoms with van der Waals surface area (Å²) in [7, 11) is 11.0. The van der Waals surface area contributed by atoms with E-state index < -0.39 is 22.1 Å². The van der Waals surface area contributed by atoms with Crippen molar-refractivity contribution in [3.63, 3.8) is 0 Å². The second-order valence-electron chi connectivity index (χ2n) is 0.101. The van der Waals surface area contributed by atoms with Gasteiger partial charge < -0.3 is 5.11 Å². The molecular formula is CH4Cl2HgO. The zero-order valence-corrected chi connectivity index (χ0v) is 9.92. The van der Waals surface area contributed by atoms with Crippen molar-refractivity contribution in [3.05, 3.63) is 0 Å². The van der Waals surface area contributed by atoms with Gasteiger partial charge in [-0.3, -0.25) is 0 Å². The van der Waals surface area contributed by atoms with E-state index in [2.05, 4.69) is 0 Å². The summed E-state index contributed by atoms with van der Waals surface area (Å²) >= 11 is -1.14. The first-order valence-corrected chi connectivity index (χ1v) is 14.5. The number of hydrogen-bond acceptors (Lipinski definition) is 1. The van der Waals surface area contributed by atoms with E-state index in [0.29, 0.717) is 0 Å². The van der Waals surface area contributed by atoms with Gasteiger partial charge in [0.1, 0.15) is 0 Å². The topological polar surface area (TPSA) is 20.2 Å². The van der Waals surface area contributed by atoms with Crippen LogP contribution < -0.4 is 0 Å².